The van der Waals surface area contributed by atoms with E-state index in [4.69, 9.17) is 1.37 Å². The molecule has 50 valence electrons. The van der Waals surface area contributed by atoms with E-state index in [0.717, 1.165) is 4.52 Å². The highest BCUT2D eigenvalue weighted by Crippen LogP contribution is 1.87. The molecule has 2 aromatic heterocycles. The zero-order chi connectivity index (χ0) is 7.84. The van der Waals surface area contributed by atoms with Gasteiger partial charge < -0.3 is 0 Å². The number of rotatable bonds is 0. The number of fused-ring (bicyclic) bond motifs is 1. The highest BCUT2D eigenvalue weighted by atomic mass is 16.1. The van der Waals surface area contributed by atoms with Crippen molar-refractivity contribution < 1.29 is 1.37 Å². The lowest BCUT2D eigenvalue weighted by molar-refractivity contribution is 0.840. The molecule has 2 aromatic rings. The van der Waals surface area contributed by atoms with Gasteiger partial charge in [0.15, 0.2) is 5.65 Å². The molecule has 5 heteroatoms. The predicted molar refractivity (Wildman–Crippen MR) is 33.6 cm³/mol. The molecule has 0 saturated carbocycles. The number of hydrogen-bond donors (Lipinski definition) is 1. The molecule has 0 aromatic carbocycles. The Labute approximate surface area is 56.7 Å². The first kappa shape index (κ1) is 4.21. The van der Waals surface area contributed by atoms with E-state index in [1.54, 1.807) is 0 Å². The fourth-order valence-corrected chi connectivity index (χ4v) is 0.711. The standard InChI is InChI=1S/C5H4N4O/c10-5-7-3-6-4-1-2-8-9(4)5/h1-3H,(H,6,7,10)/i1T. The van der Waals surface area contributed by atoms with Crippen molar-refractivity contribution in [1.29, 1.82) is 0 Å². The zero-order valence-electron chi connectivity index (χ0n) is 5.90. The van der Waals surface area contributed by atoms with E-state index >= 15 is 0 Å². The average molecular weight is 138 g/mol. The second kappa shape index (κ2) is 1.66. The van der Waals surface area contributed by atoms with Gasteiger partial charge in [0, 0.05) is 6.04 Å². The van der Waals surface area contributed by atoms with Crippen molar-refractivity contribution in [1.82, 2.24) is 19.6 Å². The van der Waals surface area contributed by atoms with Gasteiger partial charge in [-0.05, 0) is 0 Å². The number of nitrogens with zero attached hydrogens (tertiary/aromatic N) is 3. The fraction of sp³-hybridized carbons (Fsp3) is 0. The fourth-order valence-electron chi connectivity index (χ4n) is 0.711. The van der Waals surface area contributed by atoms with Gasteiger partial charge in [-0.3, -0.25) is 4.98 Å². The molecule has 0 spiro atoms. The predicted octanol–water partition coefficient (Wildman–Crippen LogP) is -0.582. The summed E-state index contributed by atoms with van der Waals surface area (Å²) in [7, 11) is 0. The van der Waals surface area contributed by atoms with Crippen LogP contribution in [0.4, 0.5) is 0 Å². The summed E-state index contributed by atoms with van der Waals surface area (Å²) in [5.74, 6) is 0. The van der Waals surface area contributed by atoms with E-state index in [9.17, 15) is 4.79 Å². The van der Waals surface area contributed by atoms with Crippen molar-refractivity contribution in [3.05, 3.63) is 29.1 Å². The number of aromatic amines is 1. The maximum absolute atomic E-state index is 10.9. The van der Waals surface area contributed by atoms with Crippen LogP contribution in [0.15, 0.2) is 23.4 Å². The number of aromatic nitrogens is 4. The Morgan fingerprint density at radius 2 is 2.70 bits per heavy atom. The Hall–Kier alpha value is -1.65. The summed E-state index contributed by atoms with van der Waals surface area (Å²) < 4.78 is 8.29. The molecule has 5 nitrogen and oxygen atoms in total. The van der Waals surface area contributed by atoms with Gasteiger partial charge in [-0.1, -0.05) is 0 Å². The summed E-state index contributed by atoms with van der Waals surface area (Å²) in [5, 5.41) is 3.64. The molecule has 10 heavy (non-hydrogen) atoms. The summed E-state index contributed by atoms with van der Waals surface area (Å²) in [4.78, 5) is 17.0. The Morgan fingerprint density at radius 3 is 3.50 bits per heavy atom. The first-order valence-corrected chi connectivity index (χ1v) is 2.67. The van der Waals surface area contributed by atoms with Crippen LogP contribution >= 0.6 is 0 Å². The molecule has 2 heterocycles. The quantitative estimate of drug-likeness (QED) is 0.529. The van der Waals surface area contributed by atoms with Crippen LogP contribution in [-0.2, 0) is 0 Å². The van der Waals surface area contributed by atoms with Crippen molar-refractivity contribution in [2.24, 2.45) is 0 Å². The maximum atomic E-state index is 10.9. The van der Waals surface area contributed by atoms with Gasteiger partial charge in [-0.2, -0.15) is 9.61 Å². The molecule has 0 saturated heterocycles. The summed E-state index contributed by atoms with van der Waals surface area (Å²) in [6.07, 6.45) is 2.52. The van der Waals surface area contributed by atoms with Crippen LogP contribution < -0.4 is 5.69 Å². The molecule has 0 atom stereocenters. The number of nitrogens with one attached hydrogen (secondary N) is 1. The number of H-pyrrole nitrogens is 1. The topological polar surface area (TPSA) is 63.1 Å². The second-order valence-corrected chi connectivity index (χ2v) is 1.73. The molecule has 0 fully saturated rings. The SMILES string of the molecule is [3H]c1cnn2c(=O)[nH]cnc12. The van der Waals surface area contributed by atoms with Crippen molar-refractivity contribution >= 4 is 5.65 Å². The summed E-state index contributed by atoms with van der Waals surface area (Å²) in [6.45, 7) is 0. The maximum Gasteiger partial charge on any atom is 0.349 e. The average Bonchev–Trinajstić information content (AvgIpc) is 2.35. The Balaban J connectivity index is 3.06. The van der Waals surface area contributed by atoms with Crippen molar-refractivity contribution in [3.8, 4) is 0 Å². The van der Waals surface area contributed by atoms with Crippen LogP contribution in [0.25, 0.3) is 5.65 Å². The van der Waals surface area contributed by atoms with E-state index < -0.39 is 0 Å². The molecule has 0 radical (unpaired) electrons. The molecule has 0 bridgehead atoms. The minimum Gasteiger partial charge on any atom is -0.296 e. The lowest BCUT2D eigenvalue weighted by Crippen LogP contribution is -2.16. The van der Waals surface area contributed by atoms with Crippen molar-refractivity contribution in [2.75, 3.05) is 0 Å². The molecular formula is C5H4N4O. The van der Waals surface area contributed by atoms with Crippen LogP contribution in [0.1, 0.15) is 1.37 Å². The van der Waals surface area contributed by atoms with Gasteiger partial charge in [0.25, 0.3) is 0 Å². The Morgan fingerprint density at radius 1 is 1.80 bits per heavy atom. The minimum absolute atomic E-state index is 0.149. The van der Waals surface area contributed by atoms with Crippen LogP contribution in [-0.4, -0.2) is 19.6 Å². The third kappa shape index (κ3) is 0.540. The Bertz CT molecular complexity index is 445. The molecule has 0 aliphatic carbocycles. The van der Waals surface area contributed by atoms with Crippen molar-refractivity contribution in [2.45, 2.75) is 0 Å². The summed E-state index contributed by atoms with van der Waals surface area (Å²) in [5.41, 5.74) is -0.109. The number of hydrogen-bond acceptors (Lipinski definition) is 3. The van der Waals surface area contributed by atoms with Gasteiger partial charge in [0.05, 0.1) is 13.9 Å². The molecule has 0 amide bonds. The van der Waals surface area contributed by atoms with Gasteiger partial charge in [-0.25, -0.2) is 9.78 Å². The third-order valence-electron chi connectivity index (χ3n) is 1.13. The van der Waals surface area contributed by atoms with Gasteiger partial charge in [0.2, 0.25) is 0 Å². The van der Waals surface area contributed by atoms with Crippen LogP contribution in [0.5, 0.6) is 0 Å². The third-order valence-corrected chi connectivity index (χ3v) is 1.13. The Kier molecular flexibility index (Phi) is 0.700. The smallest absolute Gasteiger partial charge is 0.296 e. The summed E-state index contributed by atoms with van der Waals surface area (Å²) >= 11 is 0. The first-order chi connectivity index (χ1) is 5.29. The van der Waals surface area contributed by atoms with Gasteiger partial charge >= 0.3 is 5.69 Å². The minimum atomic E-state index is -0.381. The van der Waals surface area contributed by atoms with Crippen LogP contribution in [0.2, 0.25) is 0 Å². The molecule has 1 N–H and O–H groups in total. The molecular weight excluding hydrogens is 132 g/mol. The van der Waals surface area contributed by atoms with Gasteiger partial charge in [0.1, 0.15) is 0 Å². The van der Waals surface area contributed by atoms with E-state index in [-0.39, 0.29) is 17.4 Å². The van der Waals surface area contributed by atoms with Crippen LogP contribution in [0.3, 0.4) is 0 Å². The molecule has 0 unspecified atom stereocenters. The van der Waals surface area contributed by atoms with Gasteiger partial charge in [-0.15, -0.1) is 0 Å². The largest absolute Gasteiger partial charge is 0.349 e. The monoisotopic (exact) mass is 138 g/mol. The highest BCUT2D eigenvalue weighted by molar-refractivity contribution is 5.32. The van der Waals surface area contributed by atoms with E-state index in [1.807, 2.05) is 0 Å². The van der Waals surface area contributed by atoms with E-state index in [2.05, 4.69) is 15.1 Å². The normalized spacial score (nSPS) is 11.8. The lowest BCUT2D eigenvalue weighted by atomic mass is 10.7. The van der Waals surface area contributed by atoms with Crippen LogP contribution in [0, 0.1) is 0 Å². The van der Waals surface area contributed by atoms with E-state index in [1.165, 1.54) is 12.5 Å². The first-order valence-electron chi connectivity index (χ1n) is 3.17. The zero-order valence-corrected chi connectivity index (χ0v) is 4.90. The molecule has 2 rings (SSSR count). The van der Waals surface area contributed by atoms with Crippen molar-refractivity contribution in [3.63, 3.8) is 0 Å². The molecule has 0 aliphatic heterocycles. The second-order valence-electron chi connectivity index (χ2n) is 1.73. The summed E-state index contributed by atoms with van der Waals surface area (Å²) in [6, 6.07) is 0.149. The lowest BCUT2D eigenvalue weighted by Gasteiger charge is -1.85. The molecule has 0 aliphatic rings. The highest BCUT2D eigenvalue weighted by Gasteiger charge is 1.94. The van der Waals surface area contributed by atoms with E-state index in [0.29, 0.717) is 0 Å².